The van der Waals surface area contributed by atoms with Crippen molar-refractivity contribution < 1.29 is 23.1 Å². The number of hydrogen-bond donors (Lipinski definition) is 1. The third-order valence-electron chi connectivity index (χ3n) is 4.75. The van der Waals surface area contributed by atoms with E-state index in [2.05, 4.69) is 4.98 Å². The summed E-state index contributed by atoms with van der Waals surface area (Å²) in [5, 5.41) is 9.41. The summed E-state index contributed by atoms with van der Waals surface area (Å²) in [6, 6.07) is 6.78. The highest BCUT2D eigenvalue weighted by molar-refractivity contribution is 6.30. The molecule has 0 aliphatic carbocycles. The fraction of sp³-hybridized carbons (Fsp3) is 0.381. The first-order chi connectivity index (χ1) is 14.7. The molecule has 0 radical (unpaired) electrons. The van der Waals surface area contributed by atoms with Gasteiger partial charge in [0.15, 0.2) is 0 Å². The molecule has 1 N–H and O–H groups in total. The number of benzene rings is 1. The Bertz CT molecular complexity index is 1120. The van der Waals surface area contributed by atoms with Crippen molar-refractivity contribution in [3.05, 3.63) is 57.6 Å². The number of alkyl halides is 3. The van der Waals surface area contributed by atoms with Crippen LogP contribution in [-0.2, 0) is 17.8 Å². The third kappa shape index (κ3) is 5.95. The van der Waals surface area contributed by atoms with E-state index < -0.39 is 18.2 Å². The van der Waals surface area contributed by atoms with E-state index in [0.717, 1.165) is 0 Å². The number of ketones is 1. The number of Topliss-reactive ketones (excluding diaryl/α,β-unsaturated/α-hetero) is 1. The monoisotopic (exact) mass is 455 g/mol. The minimum Gasteiger partial charge on any atom is -0.396 e. The molecule has 0 fully saturated rings. The lowest BCUT2D eigenvalue weighted by molar-refractivity contribution is -0.135. The molecule has 0 bridgehead atoms. The van der Waals surface area contributed by atoms with Crippen molar-refractivity contribution in [1.82, 2.24) is 14.0 Å². The molecule has 1 aromatic carbocycles. The number of halogens is 4. The van der Waals surface area contributed by atoms with E-state index in [9.17, 15) is 22.8 Å². The molecule has 3 rings (SSSR count). The summed E-state index contributed by atoms with van der Waals surface area (Å²) in [5.74, 6) is -0.0333. The molecule has 10 heteroatoms. The molecule has 166 valence electrons. The molecule has 6 nitrogen and oxygen atoms in total. The topological polar surface area (TPSA) is 76.6 Å². The number of aliphatic hydroxyl groups excluding tert-OH is 1. The molecule has 0 spiro atoms. The van der Waals surface area contributed by atoms with Gasteiger partial charge in [-0.3, -0.25) is 14.0 Å². The van der Waals surface area contributed by atoms with E-state index in [4.69, 9.17) is 16.7 Å². The summed E-state index contributed by atoms with van der Waals surface area (Å²) in [6.07, 6.45) is -2.31. The predicted molar refractivity (Wildman–Crippen MR) is 110 cm³/mol. The van der Waals surface area contributed by atoms with Gasteiger partial charge in [-0.1, -0.05) is 23.7 Å². The van der Waals surface area contributed by atoms with Gasteiger partial charge in [0.1, 0.15) is 5.78 Å². The van der Waals surface area contributed by atoms with Crippen LogP contribution in [0.25, 0.3) is 17.0 Å². The van der Waals surface area contributed by atoms with Crippen LogP contribution in [0.1, 0.15) is 31.2 Å². The maximum absolute atomic E-state index is 12.9. The number of imidazole rings is 1. The van der Waals surface area contributed by atoms with Gasteiger partial charge in [-0.05, 0) is 25.0 Å². The SMILES string of the molecule is O=C(CCCO)Cc1cn(CCCC(F)(F)F)c2nc(-c3ccc(Cl)cc3)cn2c1=O. The van der Waals surface area contributed by atoms with Crippen LogP contribution in [0.2, 0.25) is 5.02 Å². The first-order valence-electron chi connectivity index (χ1n) is 9.74. The van der Waals surface area contributed by atoms with Crippen LogP contribution in [0.15, 0.2) is 41.5 Å². The van der Waals surface area contributed by atoms with Gasteiger partial charge in [-0.25, -0.2) is 4.98 Å². The standard InChI is InChI=1S/C21H21ClF3N3O3/c22-16-6-4-14(5-7-16)18-13-28-19(31)15(11-17(30)3-1-10-29)12-27(20(28)26-18)9-2-8-21(23,24)25/h4-7,12-13,29H,1-3,8-11H2. The van der Waals surface area contributed by atoms with Crippen molar-refractivity contribution in [3.63, 3.8) is 0 Å². The summed E-state index contributed by atoms with van der Waals surface area (Å²) in [4.78, 5) is 29.5. The van der Waals surface area contributed by atoms with Crippen LogP contribution in [0.4, 0.5) is 13.2 Å². The van der Waals surface area contributed by atoms with Crippen LogP contribution >= 0.6 is 11.6 Å². The van der Waals surface area contributed by atoms with Gasteiger partial charge < -0.3 is 9.67 Å². The second-order valence-corrected chi connectivity index (χ2v) is 7.65. The van der Waals surface area contributed by atoms with E-state index >= 15 is 0 Å². The van der Waals surface area contributed by atoms with Crippen LogP contribution in [0.5, 0.6) is 0 Å². The third-order valence-corrected chi connectivity index (χ3v) is 5.00. The van der Waals surface area contributed by atoms with Crippen LogP contribution in [-0.4, -0.2) is 37.6 Å². The second-order valence-electron chi connectivity index (χ2n) is 7.22. The Morgan fingerprint density at radius 3 is 2.48 bits per heavy atom. The Hall–Kier alpha value is -2.65. The molecule has 0 saturated heterocycles. The van der Waals surface area contributed by atoms with E-state index in [1.165, 1.54) is 21.4 Å². The molecule has 2 heterocycles. The van der Waals surface area contributed by atoms with Gasteiger partial charge >= 0.3 is 6.18 Å². The number of carbonyl (C=O) groups excluding carboxylic acids is 1. The Morgan fingerprint density at radius 2 is 1.84 bits per heavy atom. The van der Waals surface area contributed by atoms with Crippen LogP contribution < -0.4 is 5.56 Å². The Balaban J connectivity index is 2.01. The summed E-state index contributed by atoms with van der Waals surface area (Å²) in [7, 11) is 0. The van der Waals surface area contributed by atoms with Crippen LogP contribution in [0.3, 0.4) is 0 Å². The number of rotatable bonds is 9. The summed E-state index contributed by atoms with van der Waals surface area (Å²) >= 11 is 5.91. The molecule has 0 saturated carbocycles. The number of fused-ring (bicyclic) bond motifs is 1. The van der Waals surface area contributed by atoms with Crippen molar-refractivity contribution in [2.45, 2.75) is 44.8 Å². The van der Waals surface area contributed by atoms with Gasteiger partial charge in [-0.15, -0.1) is 0 Å². The second kappa shape index (κ2) is 9.65. The van der Waals surface area contributed by atoms with E-state index in [-0.39, 0.29) is 56.0 Å². The molecule has 2 aromatic heterocycles. The number of nitrogens with zero attached hydrogens (tertiary/aromatic N) is 3. The van der Waals surface area contributed by atoms with E-state index in [1.807, 2.05) is 0 Å². The number of aliphatic hydroxyl groups is 1. The minimum atomic E-state index is -4.29. The Kier molecular flexibility index (Phi) is 7.17. The molecule has 3 aromatic rings. The van der Waals surface area contributed by atoms with Crippen molar-refractivity contribution in [1.29, 1.82) is 0 Å². The highest BCUT2D eigenvalue weighted by Crippen LogP contribution is 2.23. The van der Waals surface area contributed by atoms with Crippen LogP contribution in [0, 0.1) is 0 Å². The molecular formula is C21H21ClF3N3O3. The lowest BCUT2D eigenvalue weighted by atomic mass is 10.1. The predicted octanol–water partition coefficient (Wildman–Crippen LogP) is 4.04. The fourth-order valence-corrected chi connectivity index (χ4v) is 3.38. The van der Waals surface area contributed by atoms with Gasteiger partial charge in [0.05, 0.1) is 5.69 Å². The Labute approximate surface area is 180 Å². The first-order valence-corrected chi connectivity index (χ1v) is 10.1. The maximum atomic E-state index is 12.9. The molecule has 31 heavy (non-hydrogen) atoms. The van der Waals surface area contributed by atoms with Gasteiger partial charge in [0.2, 0.25) is 5.78 Å². The average molecular weight is 456 g/mol. The quantitative estimate of drug-likeness (QED) is 0.528. The normalized spacial score (nSPS) is 11.9. The van der Waals surface area contributed by atoms with Gasteiger partial charge in [0.25, 0.3) is 5.56 Å². The maximum Gasteiger partial charge on any atom is 0.389 e. The minimum absolute atomic E-state index is 0.0157. The van der Waals surface area contributed by atoms with Crippen molar-refractivity contribution in [2.24, 2.45) is 0 Å². The Morgan fingerprint density at radius 1 is 1.13 bits per heavy atom. The lowest BCUT2D eigenvalue weighted by Gasteiger charge is -2.12. The zero-order valence-corrected chi connectivity index (χ0v) is 17.3. The first kappa shape index (κ1) is 23.0. The van der Waals surface area contributed by atoms with Crippen molar-refractivity contribution >= 4 is 23.2 Å². The van der Waals surface area contributed by atoms with Crippen molar-refractivity contribution in [2.75, 3.05) is 6.61 Å². The lowest BCUT2D eigenvalue weighted by Crippen LogP contribution is -2.24. The molecular weight excluding hydrogens is 435 g/mol. The summed E-state index contributed by atoms with van der Waals surface area (Å²) < 4.78 is 40.6. The van der Waals surface area contributed by atoms with E-state index in [0.29, 0.717) is 16.3 Å². The average Bonchev–Trinajstić information content (AvgIpc) is 3.15. The number of carbonyl (C=O) groups is 1. The largest absolute Gasteiger partial charge is 0.396 e. The zero-order valence-electron chi connectivity index (χ0n) is 16.5. The summed E-state index contributed by atoms with van der Waals surface area (Å²) in [5.41, 5.74) is 0.867. The zero-order chi connectivity index (χ0) is 22.6. The molecule has 0 aliphatic rings. The number of aryl methyl sites for hydroxylation is 1. The summed E-state index contributed by atoms with van der Waals surface area (Å²) in [6.45, 7) is -0.156. The highest BCUT2D eigenvalue weighted by Gasteiger charge is 2.26. The van der Waals surface area contributed by atoms with Gasteiger partial charge in [0, 0.05) is 61.0 Å². The fourth-order valence-electron chi connectivity index (χ4n) is 3.25. The highest BCUT2D eigenvalue weighted by atomic mass is 35.5. The number of aromatic nitrogens is 3. The molecule has 0 amide bonds. The molecule has 0 unspecified atom stereocenters. The van der Waals surface area contributed by atoms with E-state index in [1.54, 1.807) is 24.3 Å². The molecule has 0 aliphatic heterocycles. The smallest absolute Gasteiger partial charge is 0.389 e. The van der Waals surface area contributed by atoms with Gasteiger partial charge in [-0.2, -0.15) is 13.2 Å². The number of hydrogen-bond acceptors (Lipinski definition) is 4. The van der Waals surface area contributed by atoms with Crippen molar-refractivity contribution in [3.8, 4) is 11.3 Å². The molecule has 0 atom stereocenters.